The van der Waals surface area contributed by atoms with Crippen molar-refractivity contribution in [2.75, 3.05) is 6.54 Å². The highest BCUT2D eigenvalue weighted by Gasteiger charge is 2.07. The van der Waals surface area contributed by atoms with E-state index in [0.717, 1.165) is 4.48 Å². The minimum atomic E-state index is 0.491. The molecule has 0 atom stereocenters. The first-order valence-electron chi connectivity index (χ1n) is 2.12. The zero-order valence-corrected chi connectivity index (χ0v) is 5.64. The van der Waals surface area contributed by atoms with Gasteiger partial charge in [-0.05, 0) is 6.08 Å². The van der Waals surface area contributed by atoms with Gasteiger partial charge in [0, 0.05) is 4.48 Å². The molecule has 0 aromatic rings. The maximum absolute atomic E-state index is 6.55. The Kier molecular flexibility index (Phi) is 1.45. The van der Waals surface area contributed by atoms with Crippen molar-refractivity contribution in [3.63, 3.8) is 0 Å². The van der Waals surface area contributed by atoms with Crippen molar-refractivity contribution < 1.29 is 0 Å². The van der Waals surface area contributed by atoms with Gasteiger partial charge in [0.1, 0.15) is 6.54 Å². The summed E-state index contributed by atoms with van der Waals surface area (Å²) in [6.07, 6.45) is 1.87. The maximum atomic E-state index is 6.55. The van der Waals surface area contributed by atoms with Gasteiger partial charge in [-0.3, -0.25) is 0 Å². The standard InChI is InChI=1S/C5H3BrN2/c1-7-5-4(6)2-3-8-5/h2H,3H2. The van der Waals surface area contributed by atoms with Gasteiger partial charge in [0.2, 0.25) is 0 Å². The Hall–Kier alpha value is -0.620. The van der Waals surface area contributed by atoms with E-state index < -0.39 is 0 Å². The van der Waals surface area contributed by atoms with Crippen molar-refractivity contribution in [3.8, 4) is 0 Å². The third-order valence-corrected chi connectivity index (χ3v) is 1.51. The first kappa shape index (κ1) is 5.52. The second-order valence-electron chi connectivity index (χ2n) is 1.33. The molecular weight excluding hydrogens is 168 g/mol. The zero-order valence-electron chi connectivity index (χ0n) is 4.06. The molecule has 40 valence electrons. The van der Waals surface area contributed by atoms with Crippen molar-refractivity contribution in [2.24, 2.45) is 4.99 Å². The van der Waals surface area contributed by atoms with Crippen LogP contribution in [0.4, 0.5) is 0 Å². The number of amidine groups is 1. The van der Waals surface area contributed by atoms with Crippen molar-refractivity contribution in [1.82, 2.24) is 0 Å². The molecule has 0 saturated carbocycles. The molecule has 0 bridgehead atoms. The lowest BCUT2D eigenvalue weighted by molar-refractivity contribution is 1.29. The molecule has 0 N–H and O–H groups in total. The molecule has 0 unspecified atom stereocenters. The predicted molar refractivity (Wildman–Crippen MR) is 35.9 cm³/mol. The van der Waals surface area contributed by atoms with Gasteiger partial charge in [-0.1, -0.05) is 22.5 Å². The topological polar surface area (TPSA) is 16.7 Å². The van der Waals surface area contributed by atoms with Crippen LogP contribution in [-0.2, 0) is 0 Å². The van der Waals surface area contributed by atoms with E-state index in [1.54, 1.807) is 0 Å². The molecule has 3 heteroatoms. The molecule has 0 aliphatic carbocycles. The Balaban J connectivity index is 2.86. The second-order valence-corrected chi connectivity index (χ2v) is 2.18. The summed E-state index contributed by atoms with van der Waals surface area (Å²) >= 11 is 3.18. The number of nitrogens with zero attached hydrogens (tertiary/aromatic N) is 2. The summed E-state index contributed by atoms with van der Waals surface area (Å²) in [6.45, 7) is 7.20. The van der Waals surface area contributed by atoms with Gasteiger partial charge < -0.3 is 4.85 Å². The Morgan fingerprint density at radius 2 is 2.62 bits per heavy atom. The lowest BCUT2D eigenvalue weighted by atomic mass is 10.5. The van der Waals surface area contributed by atoms with E-state index in [0.29, 0.717) is 12.4 Å². The summed E-state index contributed by atoms with van der Waals surface area (Å²) in [7, 11) is 0. The fourth-order valence-corrected chi connectivity index (χ4v) is 0.827. The minimum Gasteiger partial charge on any atom is -0.360 e. The third-order valence-electron chi connectivity index (χ3n) is 0.831. The molecule has 1 rings (SSSR count). The summed E-state index contributed by atoms with van der Waals surface area (Å²) in [4.78, 5) is 7.01. The molecule has 1 aliphatic heterocycles. The SMILES string of the molecule is [C-]#[N+]C1=NCC=C1Br. The Morgan fingerprint density at radius 1 is 1.88 bits per heavy atom. The molecule has 0 radical (unpaired) electrons. The lowest BCUT2D eigenvalue weighted by Crippen LogP contribution is -1.81. The first-order valence-corrected chi connectivity index (χ1v) is 2.92. The zero-order chi connectivity index (χ0) is 5.98. The average Bonchev–Trinajstić information content (AvgIpc) is 2.14. The van der Waals surface area contributed by atoms with Gasteiger partial charge in [-0.2, -0.15) is 4.99 Å². The van der Waals surface area contributed by atoms with E-state index in [1.165, 1.54) is 0 Å². The fourth-order valence-electron chi connectivity index (χ4n) is 0.468. The normalized spacial score (nSPS) is 17.0. The molecule has 1 aliphatic rings. The molecule has 1 heterocycles. The van der Waals surface area contributed by atoms with Crippen LogP contribution < -0.4 is 0 Å². The van der Waals surface area contributed by atoms with Crippen LogP contribution in [0.15, 0.2) is 15.6 Å². The van der Waals surface area contributed by atoms with Gasteiger partial charge in [0.25, 0.3) is 5.84 Å². The molecule has 0 aromatic heterocycles. The van der Waals surface area contributed by atoms with Gasteiger partial charge >= 0.3 is 0 Å². The summed E-state index contributed by atoms with van der Waals surface area (Å²) in [6, 6.07) is 0. The second kappa shape index (κ2) is 2.10. The van der Waals surface area contributed by atoms with E-state index in [9.17, 15) is 0 Å². The molecule has 0 aromatic carbocycles. The molecule has 0 amide bonds. The lowest BCUT2D eigenvalue weighted by Gasteiger charge is -1.81. The molecule has 0 fully saturated rings. The number of halogens is 1. The predicted octanol–water partition coefficient (Wildman–Crippen LogP) is 1.60. The molecule has 8 heavy (non-hydrogen) atoms. The Labute approximate surface area is 55.9 Å². The molecule has 2 nitrogen and oxygen atoms in total. The Bertz CT molecular complexity index is 197. The smallest absolute Gasteiger partial charge is 0.278 e. The number of hydrogen-bond donors (Lipinski definition) is 0. The molecule has 0 spiro atoms. The van der Waals surface area contributed by atoms with Crippen molar-refractivity contribution in [1.29, 1.82) is 0 Å². The van der Waals surface area contributed by atoms with Gasteiger partial charge in [-0.25, -0.2) is 0 Å². The summed E-state index contributed by atoms with van der Waals surface area (Å²) in [5, 5.41) is 0. The fraction of sp³-hybridized carbons (Fsp3) is 0.200. The van der Waals surface area contributed by atoms with E-state index in [1.807, 2.05) is 6.08 Å². The van der Waals surface area contributed by atoms with Crippen molar-refractivity contribution in [2.45, 2.75) is 0 Å². The first-order chi connectivity index (χ1) is 3.84. The number of aliphatic imine (C=N–C) groups is 1. The quantitative estimate of drug-likeness (QED) is 0.492. The van der Waals surface area contributed by atoms with E-state index in [2.05, 4.69) is 25.8 Å². The van der Waals surface area contributed by atoms with Crippen molar-refractivity contribution in [3.05, 3.63) is 22.0 Å². The van der Waals surface area contributed by atoms with Crippen molar-refractivity contribution >= 4 is 21.8 Å². The van der Waals surface area contributed by atoms with E-state index >= 15 is 0 Å². The summed E-state index contributed by atoms with van der Waals surface area (Å²) in [5.41, 5.74) is 0. The highest BCUT2D eigenvalue weighted by Crippen LogP contribution is 2.13. The van der Waals surface area contributed by atoms with Crippen LogP contribution in [0.5, 0.6) is 0 Å². The van der Waals surface area contributed by atoms with Crippen LogP contribution in [-0.4, -0.2) is 12.4 Å². The molecule has 0 saturated heterocycles. The van der Waals surface area contributed by atoms with Crippen LogP contribution in [0.1, 0.15) is 0 Å². The molecular formula is C5H3BrN2. The van der Waals surface area contributed by atoms with E-state index in [4.69, 9.17) is 6.57 Å². The average molecular weight is 171 g/mol. The van der Waals surface area contributed by atoms with Crippen LogP contribution in [0.25, 0.3) is 4.85 Å². The van der Waals surface area contributed by atoms with Gasteiger partial charge in [-0.15, -0.1) is 0 Å². The Morgan fingerprint density at radius 3 is 2.88 bits per heavy atom. The maximum Gasteiger partial charge on any atom is 0.278 e. The van der Waals surface area contributed by atoms with Crippen LogP contribution in [0, 0.1) is 6.57 Å². The van der Waals surface area contributed by atoms with Gasteiger partial charge in [0.15, 0.2) is 0 Å². The largest absolute Gasteiger partial charge is 0.360 e. The summed E-state index contributed by atoms with van der Waals surface area (Å²) in [5.74, 6) is 0.491. The van der Waals surface area contributed by atoms with Crippen LogP contribution in [0.3, 0.4) is 0 Å². The monoisotopic (exact) mass is 170 g/mol. The third kappa shape index (κ3) is 0.797. The minimum absolute atomic E-state index is 0.491. The van der Waals surface area contributed by atoms with Crippen LogP contribution in [0.2, 0.25) is 0 Å². The number of rotatable bonds is 0. The summed E-state index contributed by atoms with van der Waals surface area (Å²) < 4.78 is 0.826. The van der Waals surface area contributed by atoms with Crippen LogP contribution >= 0.6 is 15.9 Å². The number of hydrogen-bond acceptors (Lipinski definition) is 1. The highest BCUT2D eigenvalue weighted by molar-refractivity contribution is 9.12. The highest BCUT2D eigenvalue weighted by atomic mass is 79.9. The van der Waals surface area contributed by atoms with Gasteiger partial charge in [0.05, 0.1) is 0 Å². The van der Waals surface area contributed by atoms with E-state index in [-0.39, 0.29) is 0 Å².